The minimum absolute atomic E-state index is 0.0496. The molecule has 0 N–H and O–H groups in total. The average Bonchev–Trinajstić information content (AvgIpc) is 2.36. The van der Waals surface area contributed by atoms with E-state index in [1.165, 1.54) is 31.2 Å². The number of rotatable bonds is 3. The minimum Gasteiger partial charge on any atom is -0.426 e. The smallest absolute Gasteiger partial charge is 0.308 e. The predicted molar refractivity (Wildman–Crippen MR) is 75.6 cm³/mol. The molecule has 0 atom stereocenters. The molecular weight excluding hydrogens is 303 g/mol. The van der Waals surface area contributed by atoms with E-state index in [1.54, 1.807) is 6.07 Å². The minimum atomic E-state index is -0.759. The number of benzene rings is 2. The van der Waals surface area contributed by atoms with Gasteiger partial charge < -0.3 is 4.74 Å². The van der Waals surface area contributed by atoms with Gasteiger partial charge in [-0.25, -0.2) is 0 Å². The molecule has 2 aromatic rings. The summed E-state index contributed by atoms with van der Waals surface area (Å²) >= 11 is 10.9. The maximum atomic E-state index is 11.4. The first-order valence-corrected chi connectivity index (χ1v) is 6.30. The van der Waals surface area contributed by atoms with Gasteiger partial charge in [0, 0.05) is 12.5 Å². The lowest BCUT2D eigenvalue weighted by molar-refractivity contribution is -0.131. The summed E-state index contributed by atoms with van der Waals surface area (Å²) in [5.74, 6) is -0.481. The van der Waals surface area contributed by atoms with Crippen LogP contribution >= 0.6 is 23.2 Å². The van der Waals surface area contributed by atoms with Crippen molar-refractivity contribution >= 4 is 50.4 Å². The highest BCUT2D eigenvalue weighted by Crippen LogP contribution is 2.28. The Bertz CT molecular complexity index is 737. The second-order valence-electron chi connectivity index (χ2n) is 4.05. The molecular formula is C14H8Cl2O4. The van der Waals surface area contributed by atoms with E-state index in [-0.39, 0.29) is 11.3 Å². The summed E-state index contributed by atoms with van der Waals surface area (Å²) in [4.78, 5) is 33.5. The Morgan fingerprint density at radius 1 is 0.950 bits per heavy atom. The van der Waals surface area contributed by atoms with E-state index in [4.69, 9.17) is 27.9 Å². The molecule has 2 aromatic carbocycles. The molecule has 0 amide bonds. The van der Waals surface area contributed by atoms with Gasteiger partial charge in [-0.2, -0.15) is 0 Å². The second kappa shape index (κ2) is 5.61. The predicted octanol–water partition coefficient (Wildman–Crippen LogP) is 3.52. The van der Waals surface area contributed by atoms with Crippen molar-refractivity contribution in [3.63, 3.8) is 0 Å². The van der Waals surface area contributed by atoms with Gasteiger partial charge in [0.2, 0.25) is 0 Å². The molecule has 20 heavy (non-hydrogen) atoms. The SMILES string of the molecule is CC(=O)Oc1cc2ccc(C(=O)Cl)cc2cc1C(=O)Cl. The summed E-state index contributed by atoms with van der Waals surface area (Å²) in [6.45, 7) is 1.22. The fourth-order valence-electron chi connectivity index (χ4n) is 1.79. The lowest BCUT2D eigenvalue weighted by Crippen LogP contribution is -2.05. The first kappa shape index (κ1) is 14.5. The van der Waals surface area contributed by atoms with Crippen molar-refractivity contribution in [1.29, 1.82) is 0 Å². The van der Waals surface area contributed by atoms with Crippen LogP contribution < -0.4 is 4.74 Å². The van der Waals surface area contributed by atoms with Crippen LogP contribution in [0.4, 0.5) is 0 Å². The summed E-state index contributed by atoms with van der Waals surface area (Å²) in [5.41, 5.74) is 0.348. The Kier molecular flexibility index (Phi) is 4.06. The highest BCUT2D eigenvalue weighted by Gasteiger charge is 2.14. The first-order chi connectivity index (χ1) is 9.38. The van der Waals surface area contributed by atoms with Crippen molar-refractivity contribution in [1.82, 2.24) is 0 Å². The Hall–Kier alpha value is -1.91. The van der Waals surface area contributed by atoms with Crippen LogP contribution in [0.25, 0.3) is 10.8 Å². The van der Waals surface area contributed by atoms with Gasteiger partial charge in [0.05, 0.1) is 5.56 Å². The lowest BCUT2D eigenvalue weighted by Gasteiger charge is -2.08. The third-order valence-corrected chi connectivity index (χ3v) is 3.05. The second-order valence-corrected chi connectivity index (χ2v) is 4.74. The number of carbonyl (C=O) groups excluding carboxylic acids is 3. The van der Waals surface area contributed by atoms with E-state index in [2.05, 4.69) is 0 Å². The first-order valence-electron chi connectivity index (χ1n) is 5.54. The molecule has 0 saturated heterocycles. The van der Waals surface area contributed by atoms with Gasteiger partial charge in [0.1, 0.15) is 5.75 Å². The zero-order chi connectivity index (χ0) is 14.9. The number of esters is 1. The Morgan fingerprint density at radius 2 is 1.65 bits per heavy atom. The zero-order valence-electron chi connectivity index (χ0n) is 10.3. The van der Waals surface area contributed by atoms with Crippen molar-refractivity contribution < 1.29 is 19.1 Å². The molecule has 0 aliphatic carbocycles. The third-order valence-electron chi connectivity index (χ3n) is 2.63. The molecule has 0 heterocycles. The molecule has 0 spiro atoms. The van der Waals surface area contributed by atoms with Crippen molar-refractivity contribution in [2.45, 2.75) is 6.92 Å². The quantitative estimate of drug-likeness (QED) is 0.494. The highest BCUT2D eigenvalue weighted by atomic mass is 35.5. The Morgan fingerprint density at radius 3 is 2.20 bits per heavy atom. The molecule has 6 heteroatoms. The van der Waals surface area contributed by atoms with Crippen molar-refractivity contribution in [2.24, 2.45) is 0 Å². The normalized spacial score (nSPS) is 10.3. The van der Waals surface area contributed by atoms with Gasteiger partial charge in [0.25, 0.3) is 10.5 Å². The van der Waals surface area contributed by atoms with Crippen molar-refractivity contribution in [3.8, 4) is 5.75 Å². The number of hydrogen-bond donors (Lipinski definition) is 0. The molecule has 0 fully saturated rings. The molecule has 0 bridgehead atoms. The molecule has 0 radical (unpaired) electrons. The van der Waals surface area contributed by atoms with Gasteiger partial charge in [-0.1, -0.05) is 6.07 Å². The highest BCUT2D eigenvalue weighted by molar-refractivity contribution is 6.68. The maximum absolute atomic E-state index is 11.4. The summed E-state index contributed by atoms with van der Waals surface area (Å²) < 4.78 is 4.96. The molecule has 102 valence electrons. The number of halogens is 2. The molecule has 0 aromatic heterocycles. The van der Waals surface area contributed by atoms with Gasteiger partial charge in [0.15, 0.2) is 0 Å². The number of carbonyl (C=O) groups is 3. The van der Waals surface area contributed by atoms with Crippen LogP contribution in [-0.4, -0.2) is 16.5 Å². The van der Waals surface area contributed by atoms with Crippen LogP contribution in [-0.2, 0) is 4.79 Å². The molecule has 0 saturated carbocycles. The standard InChI is InChI=1S/C14H8Cl2O4/c1-7(17)20-12-6-8-2-3-9(13(15)18)4-10(8)5-11(12)14(16)19/h2-6H,1H3. The van der Waals surface area contributed by atoms with E-state index in [0.717, 1.165) is 0 Å². The van der Waals surface area contributed by atoms with Crippen LogP contribution in [0.1, 0.15) is 27.6 Å². The van der Waals surface area contributed by atoms with Gasteiger partial charge >= 0.3 is 5.97 Å². The number of ether oxygens (including phenoxy) is 1. The van der Waals surface area contributed by atoms with E-state index < -0.39 is 16.5 Å². The van der Waals surface area contributed by atoms with E-state index in [0.29, 0.717) is 16.3 Å². The Balaban J connectivity index is 2.67. The molecule has 0 aliphatic rings. The summed E-state index contributed by atoms with van der Waals surface area (Å²) in [5, 5.41) is -0.0820. The largest absolute Gasteiger partial charge is 0.426 e. The summed E-state index contributed by atoms with van der Waals surface area (Å²) in [6.07, 6.45) is 0. The van der Waals surface area contributed by atoms with Crippen LogP contribution in [0.2, 0.25) is 0 Å². The summed E-state index contributed by atoms with van der Waals surface area (Å²) in [6, 6.07) is 7.67. The van der Waals surface area contributed by atoms with Crippen molar-refractivity contribution in [2.75, 3.05) is 0 Å². The molecule has 0 aliphatic heterocycles. The maximum Gasteiger partial charge on any atom is 0.308 e. The van der Waals surface area contributed by atoms with Crippen LogP contribution in [0, 0.1) is 0 Å². The number of fused-ring (bicyclic) bond motifs is 1. The molecule has 2 rings (SSSR count). The third kappa shape index (κ3) is 2.98. The van der Waals surface area contributed by atoms with Crippen LogP contribution in [0.3, 0.4) is 0 Å². The zero-order valence-corrected chi connectivity index (χ0v) is 11.8. The fraction of sp³-hybridized carbons (Fsp3) is 0.0714. The molecule has 0 unspecified atom stereocenters. The van der Waals surface area contributed by atoms with Gasteiger partial charge in [-0.05, 0) is 58.2 Å². The summed E-state index contributed by atoms with van der Waals surface area (Å²) in [7, 11) is 0. The van der Waals surface area contributed by atoms with Crippen molar-refractivity contribution in [3.05, 3.63) is 41.5 Å². The van der Waals surface area contributed by atoms with Gasteiger partial charge in [-0.3, -0.25) is 14.4 Å². The van der Waals surface area contributed by atoms with Gasteiger partial charge in [-0.15, -0.1) is 0 Å². The molecule has 4 nitrogen and oxygen atoms in total. The van der Waals surface area contributed by atoms with E-state index in [9.17, 15) is 14.4 Å². The van der Waals surface area contributed by atoms with Crippen LogP contribution in [0.5, 0.6) is 5.75 Å². The monoisotopic (exact) mass is 310 g/mol. The average molecular weight is 311 g/mol. The fourth-order valence-corrected chi connectivity index (χ4v) is 2.06. The lowest BCUT2D eigenvalue weighted by atomic mass is 10.0. The van der Waals surface area contributed by atoms with Crippen LogP contribution in [0.15, 0.2) is 30.3 Å². The van der Waals surface area contributed by atoms with E-state index >= 15 is 0 Å². The number of hydrogen-bond acceptors (Lipinski definition) is 4. The topological polar surface area (TPSA) is 60.4 Å². The van der Waals surface area contributed by atoms with E-state index in [1.807, 2.05) is 0 Å². The Labute approximate surface area is 124 Å².